The number of carbonyl (C=O) groups excluding carboxylic acids is 2. The molecular formula is C17H25N3O2. The zero-order chi connectivity index (χ0) is 16.1. The summed E-state index contributed by atoms with van der Waals surface area (Å²) in [6, 6.07) is 7.12. The molecule has 1 aromatic carbocycles. The first-order chi connectivity index (χ1) is 10.5. The second-order valence-corrected chi connectivity index (χ2v) is 5.96. The number of nitrogens with one attached hydrogen (secondary N) is 1. The summed E-state index contributed by atoms with van der Waals surface area (Å²) in [7, 11) is 2.06. The number of hydrogen-bond acceptors (Lipinski definition) is 3. The molecule has 1 atom stereocenters. The van der Waals surface area contributed by atoms with Crippen molar-refractivity contribution in [2.24, 2.45) is 0 Å². The van der Waals surface area contributed by atoms with Crippen LogP contribution in [0.1, 0.15) is 41.0 Å². The van der Waals surface area contributed by atoms with Gasteiger partial charge in [-0.05, 0) is 38.6 Å². The minimum Gasteiger partial charge on any atom is -0.350 e. The Balaban J connectivity index is 2.07. The minimum absolute atomic E-state index is 0.00582. The highest BCUT2D eigenvalue weighted by Gasteiger charge is 2.21. The molecule has 1 unspecified atom stereocenters. The van der Waals surface area contributed by atoms with Gasteiger partial charge in [-0.15, -0.1) is 0 Å². The van der Waals surface area contributed by atoms with Crippen molar-refractivity contribution in [2.45, 2.75) is 26.3 Å². The van der Waals surface area contributed by atoms with Gasteiger partial charge in [-0.25, -0.2) is 0 Å². The lowest BCUT2D eigenvalue weighted by Gasteiger charge is -2.32. The molecule has 1 heterocycles. The molecule has 1 N–H and O–H groups in total. The number of benzene rings is 1. The number of hydrogen-bond donors (Lipinski definition) is 1. The van der Waals surface area contributed by atoms with Crippen molar-refractivity contribution in [1.82, 2.24) is 15.1 Å². The summed E-state index contributed by atoms with van der Waals surface area (Å²) < 4.78 is 0. The molecule has 2 amide bonds. The Morgan fingerprint density at radius 2 is 1.82 bits per heavy atom. The van der Waals surface area contributed by atoms with Crippen LogP contribution in [-0.2, 0) is 0 Å². The Kier molecular flexibility index (Phi) is 5.55. The summed E-state index contributed by atoms with van der Waals surface area (Å²) in [4.78, 5) is 28.8. The molecular weight excluding hydrogens is 278 g/mol. The number of amides is 2. The highest BCUT2D eigenvalue weighted by molar-refractivity contribution is 5.99. The van der Waals surface area contributed by atoms with E-state index >= 15 is 0 Å². The third-order valence-electron chi connectivity index (χ3n) is 4.15. The number of carbonyl (C=O) groups is 2. The largest absolute Gasteiger partial charge is 0.350 e. The molecule has 0 aromatic heterocycles. The highest BCUT2D eigenvalue weighted by atomic mass is 16.2. The van der Waals surface area contributed by atoms with E-state index in [1.165, 1.54) is 0 Å². The molecule has 1 fully saturated rings. The van der Waals surface area contributed by atoms with Crippen molar-refractivity contribution in [3.63, 3.8) is 0 Å². The van der Waals surface area contributed by atoms with Gasteiger partial charge in [0.15, 0.2) is 0 Å². The number of likely N-dealkylation sites (N-methyl/N-ethyl adjacent to an activating group) is 1. The van der Waals surface area contributed by atoms with Crippen molar-refractivity contribution in [3.05, 3.63) is 35.4 Å². The van der Waals surface area contributed by atoms with Crippen LogP contribution in [-0.4, -0.2) is 60.9 Å². The summed E-state index contributed by atoms with van der Waals surface area (Å²) >= 11 is 0. The van der Waals surface area contributed by atoms with Crippen LogP contribution in [0.3, 0.4) is 0 Å². The normalized spacial score (nSPS) is 17.1. The first kappa shape index (κ1) is 16.5. The highest BCUT2D eigenvalue weighted by Crippen LogP contribution is 2.11. The van der Waals surface area contributed by atoms with E-state index in [9.17, 15) is 9.59 Å². The molecule has 0 spiro atoms. The zero-order valence-electron chi connectivity index (χ0n) is 13.6. The molecule has 1 aromatic rings. The standard InChI is InChI=1S/C17H25N3O2/c1-4-13(2)18-16(21)14-6-5-7-15(12-14)17(22)20-10-8-19(3)9-11-20/h5-7,12-13H,4,8-11H2,1-3H3,(H,18,21). The van der Waals surface area contributed by atoms with E-state index in [1.54, 1.807) is 24.3 Å². The van der Waals surface area contributed by atoms with E-state index < -0.39 is 0 Å². The maximum Gasteiger partial charge on any atom is 0.253 e. The van der Waals surface area contributed by atoms with Gasteiger partial charge in [-0.1, -0.05) is 13.0 Å². The fraction of sp³-hybridized carbons (Fsp3) is 0.529. The van der Waals surface area contributed by atoms with E-state index in [-0.39, 0.29) is 17.9 Å². The molecule has 5 heteroatoms. The summed E-state index contributed by atoms with van der Waals surface area (Å²) in [5, 5.41) is 2.93. The van der Waals surface area contributed by atoms with Gasteiger partial charge in [0.25, 0.3) is 11.8 Å². The molecule has 120 valence electrons. The Bertz CT molecular complexity index is 536. The van der Waals surface area contributed by atoms with E-state index in [4.69, 9.17) is 0 Å². The van der Waals surface area contributed by atoms with Crippen LogP contribution < -0.4 is 5.32 Å². The summed E-state index contributed by atoms with van der Waals surface area (Å²) in [6.07, 6.45) is 0.881. The Morgan fingerprint density at radius 3 is 2.45 bits per heavy atom. The smallest absolute Gasteiger partial charge is 0.253 e. The van der Waals surface area contributed by atoms with E-state index in [0.29, 0.717) is 11.1 Å². The van der Waals surface area contributed by atoms with Gasteiger partial charge in [0.05, 0.1) is 0 Å². The number of rotatable bonds is 4. The first-order valence-electron chi connectivity index (χ1n) is 7.90. The molecule has 2 rings (SSSR count). The predicted octanol–water partition coefficient (Wildman–Crippen LogP) is 1.60. The van der Waals surface area contributed by atoms with Crippen molar-refractivity contribution in [1.29, 1.82) is 0 Å². The fourth-order valence-electron chi connectivity index (χ4n) is 2.39. The van der Waals surface area contributed by atoms with Crippen LogP contribution in [0.4, 0.5) is 0 Å². The van der Waals surface area contributed by atoms with E-state index in [1.807, 2.05) is 18.7 Å². The van der Waals surface area contributed by atoms with Crippen LogP contribution in [0.15, 0.2) is 24.3 Å². The number of nitrogens with zero attached hydrogens (tertiary/aromatic N) is 2. The van der Waals surface area contributed by atoms with Crippen molar-refractivity contribution >= 4 is 11.8 Å². The zero-order valence-corrected chi connectivity index (χ0v) is 13.6. The van der Waals surface area contributed by atoms with E-state index in [0.717, 1.165) is 32.6 Å². The molecule has 0 aliphatic carbocycles. The predicted molar refractivity (Wildman–Crippen MR) is 87.1 cm³/mol. The summed E-state index contributed by atoms with van der Waals surface area (Å²) in [6.45, 7) is 7.24. The summed E-state index contributed by atoms with van der Waals surface area (Å²) in [5.41, 5.74) is 1.13. The average Bonchev–Trinajstić information content (AvgIpc) is 2.54. The Hall–Kier alpha value is -1.88. The van der Waals surface area contributed by atoms with Crippen LogP contribution in [0.5, 0.6) is 0 Å². The molecule has 1 aliphatic rings. The third kappa shape index (κ3) is 4.07. The maximum absolute atomic E-state index is 12.5. The molecule has 0 bridgehead atoms. The second kappa shape index (κ2) is 7.40. The number of piperazine rings is 1. The molecule has 22 heavy (non-hydrogen) atoms. The lowest BCUT2D eigenvalue weighted by Crippen LogP contribution is -2.47. The van der Waals surface area contributed by atoms with Gasteiger partial charge in [0.2, 0.25) is 0 Å². The molecule has 0 radical (unpaired) electrons. The molecule has 5 nitrogen and oxygen atoms in total. The van der Waals surface area contributed by atoms with Gasteiger partial charge in [-0.2, -0.15) is 0 Å². The topological polar surface area (TPSA) is 52.7 Å². The van der Waals surface area contributed by atoms with Gasteiger partial charge < -0.3 is 15.1 Å². The molecule has 0 saturated carbocycles. The van der Waals surface area contributed by atoms with Gasteiger partial charge in [0, 0.05) is 43.3 Å². The quantitative estimate of drug-likeness (QED) is 0.919. The second-order valence-electron chi connectivity index (χ2n) is 5.96. The Labute approximate surface area is 132 Å². The van der Waals surface area contributed by atoms with Crippen LogP contribution >= 0.6 is 0 Å². The van der Waals surface area contributed by atoms with Gasteiger partial charge in [0.1, 0.15) is 0 Å². The molecule has 1 aliphatic heterocycles. The summed E-state index contributed by atoms with van der Waals surface area (Å²) in [5.74, 6) is -0.117. The minimum atomic E-state index is -0.123. The monoisotopic (exact) mass is 303 g/mol. The molecule has 1 saturated heterocycles. The van der Waals surface area contributed by atoms with Crippen LogP contribution in [0.25, 0.3) is 0 Å². The third-order valence-corrected chi connectivity index (χ3v) is 4.15. The lowest BCUT2D eigenvalue weighted by molar-refractivity contribution is 0.0664. The maximum atomic E-state index is 12.5. The van der Waals surface area contributed by atoms with Crippen LogP contribution in [0.2, 0.25) is 0 Å². The van der Waals surface area contributed by atoms with Gasteiger partial charge >= 0.3 is 0 Å². The van der Waals surface area contributed by atoms with Gasteiger partial charge in [-0.3, -0.25) is 9.59 Å². The van der Waals surface area contributed by atoms with Crippen molar-refractivity contribution in [3.8, 4) is 0 Å². The van der Waals surface area contributed by atoms with E-state index in [2.05, 4.69) is 17.3 Å². The SMILES string of the molecule is CCC(C)NC(=O)c1cccc(C(=O)N2CCN(C)CC2)c1. The fourth-order valence-corrected chi connectivity index (χ4v) is 2.39. The lowest BCUT2D eigenvalue weighted by atomic mass is 10.1. The Morgan fingerprint density at radius 1 is 1.18 bits per heavy atom. The average molecular weight is 303 g/mol. The van der Waals surface area contributed by atoms with Crippen LogP contribution in [0, 0.1) is 0 Å². The van der Waals surface area contributed by atoms with Crippen molar-refractivity contribution in [2.75, 3.05) is 33.2 Å². The van der Waals surface area contributed by atoms with Crippen molar-refractivity contribution < 1.29 is 9.59 Å². The first-order valence-corrected chi connectivity index (χ1v) is 7.90.